The molecule has 0 amide bonds. The third kappa shape index (κ3) is 4.44. The highest BCUT2D eigenvalue weighted by Crippen LogP contribution is 2.20. The van der Waals surface area contributed by atoms with Crippen LogP contribution in [0.3, 0.4) is 0 Å². The zero-order chi connectivity index (χ0) is 13.7. The molecule has 0 saturated carbocycles. The first-order valence-corrected chi connectivity index (χ1v) is 8.29. The Morgan fingerprint density at radius 1 is 1.32 bits per heavy atom. The molecule has 0 aliphatic carbocycles. The Bertz CT molecular complexity index is 251. The van der Waals surface area contributed by atoms with Gasteiger partial charge in [0.15, 0.2) is 0 Å². The summed E-state index contributed by atoms with van der Waals surface area (Å²) in [5.74, 6) is 0.729. The van der Waals surface area contributed by atoms with E-state index in [1.807, 2.05) is 0 Å². The average Bonchev–Trinajstić information content (AvgIpc) is 2.90. The van der Waals surface area contributed by atoms with Crippen LogP contribution in [-0.2, 0) is 4.74 Å². The highest BCUT2D eigenvalue weighted by Gasteiger charge is 2.29. The molecule has 0 spiro atoms. The Labute approximate surface area is 119 Å². The van der Waals surface area contributed by atoms with Crippen LogP contribution in [0, 0.1) is 5.92 Å². The summed E-state index contributed by atoms with van der Waals surface area (Å²) >= 11 is 0. The van der Waals surface area contributed by atoms with Crippen molar-refractivity contribution in [2.75, 3.05) is 26.2 Å². The van der Waals surface area contributed by atoms with Crippen LogP contribution in [0.4, 0.5) is 0 Å². The van der Waals surface area contributed by atoms with Gasteiger partial charge in [0.2, 0.25) is 0 Å². The van der Waals surface area contributed by atoms with Gasteiger partial charge in [0, 0.05) is 38.3 Å². The van der Waals surface area contributed by atoms with E-state index in [9.17, 15) is 0 Å². The van der Waals surface area contributed by atoms with Crippen LogP contribution >= 0.6 is 0 Å². The van der Waals surface area contributed by atoms with E-state index in [-0.39, 0.29) is 0 Å². The van der Waals surface area contributed by atoms with Gasteiger partial charge in [-0.1, -0.05) is 27.2 Å². The molecule has 2 rings (SSSR count). The van der Waals surface area contributed by atoms with E-state index in [2.05, 4.69) is 31.0 Å². The molecule has 0 aromatic carbocycles. The van der Waals surface area contributed by atoms with Gasteiger partial charge < -0.3 is 10.1 Å². The van der Waals surface area contributed by atoms with E-state index in [1.165, 1.54) is 51.7 Å². The highest BCUT2D eigenvalue weighted by atomic mass is 16.5. The molecule has 19 heavy (non-hydrogen) atoms. The van der Waals surface area contributed by atoms with Crippen molar-refractivity contribution in [2.24, 2.45) is 5.92 Å². The molecule has 1 N–H and O–H groups in total. The molecule has 0 bridgehead atoms. The fourth-order valence-electron chi connectivity index (χ4n) is 3.40. The maximum Gasteiger partial charge on any atom is 0.0588 e. The number of rotatable bonds is 6. The van der Waals surface area contributed by atoms with Gasteiger partial charge in [0.25, 0.3) is 0 Å². The summed E-state index contributed by atoms with van der Waals surface area (Å²) < 4.78 is 5.77. The summed E-state index contributed by atoms with van der Waals surface area (Å²) in [4.78, 5) is 2.73. The first kappa shape index (κ1) is 15.3. The molecule has 3 atom stereocenters. The second-order valence-corrected chi connectivity index (χ2v) is 6.62. The fraction of sp³-hybridized carbons (Fsp3) is 1.00. The van der Waals surface area contributed by atoms with Gasteiger partial charge >= 0.3 is 0 Å². The van der Waals surface area contributed by atoms with E-state index in [4.69, 9.17) is 4.74 Å². The lowest BCUT2D eigenvalue weighted by atomic mass is 9.97. The Morgan fingerprint density at radius 2 is 2.16 bits per heavy atom. The van der Waals surface area contributed by atoms with Crippen molar-refractivity contribution >= 4 is 0 Å². The van der Waals surface area contributed by atoms with Crippen LogP contribution in [-0.4, -0.2) is 49.3 Å². The minimum absolute atomic E-state index is 0.537. The van der Waals surface area contributed by atoms with Crippen molar-refractivity contribution < 1.29 is 4.74 Å². The third-order valence-corrected chi connectivity index (χ3v) is 4.75. The van der Waals surface area contributed by atoms with E-state index >= 15 is 0 Å². The average molecular weight is 268 g/mol. The van der Waals surface area contributed by atoms with Gasteiger partial charge in [0.1, 0.15) is 0 Å². The SMILES string of the molecule is CCCC1CNC(C(C)C)CN1CCC1CCCO1. The van der Waals surface area contributed by atoms with Crippen LogP contribution in [0.5, 0.6) is 0 Å². The second kappa shape index (κ2) is 7.61. The topological polar surface area (TPSA) is 24.5 Å². The maximum atomic E-state index is 5.77. The maximum absolute atomic E-state index is 5.77. The lowest BCUT2D eigenvalue weighted by Gasteiger charge is -2.42. The zero-order valence-corrected chi connectivity index (χ0v) is 13.0. The van der Waals surface area contributed by atoms with Gasteiger partial charge in [-0.3, -0.25) is 4.90 Å². The molecule has 2 aliphatic heterocycles. The number of nitrogens with zero attached hydrogens (tertiary/aromatic N) is 1. The van der Waals surface area contributed by atoms with Gasteiger partial charge in [0.05, 0.1) is 6.10 Å². The zero-order valence-electron chi connectivity index (χ0n) is 13.0. The number of hydrogen-bond donors (Lipinski definition) is 1. The quantitative estimate of drug-likeness (QED) is 0.801. The van der Waals surface area contributed by atoms with Gasteiger partial charge in [-0.2, -0.15) is 0 Å². The molecule has 2 heterocycles. The monoisotopic (exact) mass is 268 g/mol. The van der Waals surface area contributed by atoms with Gasteiger partial charge in [-0.05, 0) is 31.6 Å². The minimum atomic E-state index is 0.537. The molecule has 2 aliphatic rings. The molecular weight excluding hydrogens is 236 g/mol. The second-order valence-electron chi connectivity index (χ2n) is 6.62. The molecule has 3 nitrogen and oxygen atoms in total. The van der Waals surface area contributed by atoms with Crippen LogP contribution in [0.15, 0.2) is 0 Å². The van der Waals surface area contributed by atoms with Crippen molar-refractivity contribution in [1.82, 2.24) is 10.2 Å². The molecule has 0 aromatic heterocycles. The molecule has 0 aromatic rings. The summed E-state index contributed by atoms with van der Waals surface area (Å²) in [7, 11) is 0. The van der Waals surface area contributed by atoms with Crippen LogP contribution in [0.1, 0.15) is 52.9 Å². The summed E-state index contributed by atoms with van der Waals surface area (Å²) in [5, 5.41) is 3.74. The van der Waals surface area contributed by atoms with Crippen LogP contribution < -0.4 is 5.32 Å². The Kier molecular flexibility index (Phi) is 6.11. The Balaban J connectivity index is 1.83. The molecule has 2 fully saturated rings. The molecule has 0 radical (unpaired) electrons. The summed E-state index contributed by atoms with van der Waals surface area (Å²) in [6.45, 7) is 11.6. The molecule has 112 valence electrons. The number of piperazine rings is 1. The van der Waals surface area contributed by atoms with Crippen molar-refractivity contribution in [3.05, 3.63) is 0 Å². The largest absolute Gasteiger partial charge is 0.378 e. The standard InChI is InChI=1S/C16H32N2O/c1-4-6-14-11-17-16(13(2)3)12-18(14)9-8-15-7-5-10-19-15/h13-17H,4-12H2,1-3H3. The van der Waals surface area contributed by atoms with Crippen molar-refractivity contribution in [3.8, 4) is 0 Å². The highest BCUT2D eigenvalue weighted by molar-refractivity contribution is 4.87. The normalized spacial score (nSPS) is 33.2. The predicted molar refractivity (Wildman–Crippen MR) is 80.5 cm³/mol. The molecular formula is C16H32N2O. The fourth-order valence-corrected chi connectivity index (χ4v) is 3.40. The van der Waals surface area contributed by atoms with Gasteiger partial charge in [-0.15, -0.1) is 0 Å². The Hall–Kier alpha value is -0.120. The van der Waals surface area contributed by atoms with Crippen LogP contribution in [0.2, 0.25) is 0 Å². The van der Waals surface area contributed by atoms with Crippen molar-refractivity contribution in [3.63, 3.8) is 0 Å². The van der Waals surface area contributed by atoms with E-state index in [1.54, 1.807) is 0 Å². The van der Waals surface area contributed by atoms with Crippen LogP contribution in [0.25, 0.3) is 0 Å². The van der Waals surface area contributed by atoms with E-state index in [0.717, 1.165) is 18.6 Å². The molecule has 3 unspecified atom stereocenters. The minimum Gasteiger partial charge on any atom is -0.378 e. The van der Waals surface area contributed by atoms with Crippen molar-refractivity contribution in [1.29, 1.82) is 0 Å². The predicted octanol–water partition coefficient (Wildman–Crippen LogP) is 2.65. The number of nitrogens with one attached hydrogen (secondary N) is 1. The van der Waals surface area contributed by atoms with E-state index < -0.39 is 0 Å². The summed E-state index contributed by atoms with van der Waals surface area (Å²) in [6, 6.07) is 1.40. The molecule has 3 heteroatoms. The number of hydrogen-bond acceptors (Lipinski definition) is 3. The lowest BCUT2D eigenvalue weighted by Crippen LogP contribution is -2.58. The van der Waals surface area contributed by atoms with Gasteiger partial charge in [-0.25, -0.2) is 0 Å². The summed E-state index contributed by atoms with van der Waals surface area (Å²) in [6.07, 6.45) is 6.91. The first-order valence-electron chi connectivity index (χ1n) is 8.29. The smallest absolute Gasteiger partial charge is 0.0588 e. The van der Waals surface area contributed by atoms with Crippen molar-refractivity contribution in [2.45, 2.75) is 71.1 Å². The Morgan fingerprint density at radius 3 is 2.79 bits per heavy atom. The third-order valence-electron chi connectivity index (χ3n) is 4.75. The lowest BCUT2D eigenvalue weighted by molar-refractivity contribution is 0.0633. The van der Waals surface area contributed by atoms with E-state index in [0.29, 0.717) is 12.1 Å². The number of ether oxygens (including phenoxy) is 1. The first-order chi connectivity index (χ1) is 9.20. The summed E-state index contributed by atoms with van der Waals surface area (Å²) in [5.41, 5.74) is 0. The molecule has 2 saturated heterocycles.